The summed E-state index contributed by atoms with van der Waals surface area (Å²) in [6.07, 6.45) is 1.52. The molecule has 2 aromatic rings. The minimum atomic E-state index is -0.360. The molecule has 0 aliphatic heterocycles. The van der Waals surface area contributed by atoms with Crippen LogP contribution in [-0.4, -0.2) is 23.7 Å². The van der Waals surface area contributed by atoms with Crippen LogP contribution in [0.4, 0.5) is 0 Å². The van der Waals surface area contributed by atoms with Crippen molar-refractivity contribution in [3.63, 3.8) is 0 Å². The molecule has 7 heteroatoms. The van der Waals surface area contributed by atoms with E-state index < -0.39 is 0 Å². The second kappa shape index (κ2) is 4.68. The molecule has 0 saturated carbocycles. The first-order valence-electron chi connectivity index (χ1n) is 4.33. The Morgan fingerprint density at radius 2 is 1.75 bits per heavy atom. The van der Waals surface area contributed by atoms with Gasteiger partial charge in [0.1, 0.15) is 0 Å². The molecule has 90 valence electrons. The summed E-state index contributed by atoms with van der Waals surface area (Å²) in [5, 5.41) is 0. The molecule has 0 aromatic carbocycles. The molecule has 0 unspecified atom stereocenters. The Kier molecular flexibility index (Phi) is 3.73. The second-order valence-corrected chi connectivity index (χ2v) is 3.23. The third-order valence-corrected chi connectivity index (χ3v) is 2.32. The number of fused-ring (bicyclic) bond motifs is 1. The van der Waals surface area contributed by atoms with Gasteiger partial charge in [-0.15, -0.1) is 0 Å². The second-order valence-electron chi connectivity index (χ2n) is 3.23. The number of aryl methyl sites for hydroxylation is 2. The normalized spacial score (nSPS) is 10.1. The summed E-state index contributed by atoms with van der Waals surface area (Å²) in [6, 6.07) is 0. The van der Waals surface area contributed by atoms with Crippen LogP contribution in [-0.2, 0) is 39.9 Å². The average Bonchev–Trinajstić information content (AvgIpc) is 2.68. The third kappa shape index (κ3) is 1.72. The zero-order valence-corrected chi connectivity index (χ0v) is 10.8. The fraction of sp³-hybridized carbons (Fsp3) is 0.333. The van der Waals surface area contributed by atoms with Crippen molar-refractivity contribution in [1.29, 1.82) is 0 Å². The van der Waals surface area contributed by atoms with Gasteiger partial charge in [0.15, 0.2) is 11.2 Å². The van der Waals surface area contributed by atoms with Gasteiger partial charge in [0.25, 0.3) is 5.56 Å². The van der Waals surface area contributed by atoms with Gasteiger partial charge >= 0.3 is 29.4 Å². The van der Waals surface area contributed by atoms with Crippen LogP contribution in [0.15, 0.2) is 15.9 Å². The van der Waals surface area contributed by atoms with Crippen LogP contribution in [0.25, 0.3) is 11.2 Å². The van der Waals surface area contributed by atoms with Crippen LogP contribution in [0, 0.1) is 0 Å². The Labute approximate surface area is 102 Å². The third-order valence-electron chi connectivity index (χ3n) is 2.32. The Hall–Kier alpha value is -1.32. The van der Waals surface area contributed by atoms with Crippen molar-refractivity contribution < 1.29 is 18.7 Å². The van der Waals surface area contributed by atoms with E-state index in [2.05, 4.69) is 28.7 Å². The quantitative estimate of drug-likeness (QED) is 0.582. The van der Waals surface area contributed by atoms with Gasteiger partial charge in [-0.25, -0.2) is 9.78 Å². The van der Waals surface area contributed by atoms with E-state index in [4.69, 9.17) is 0 Å². The van der Waals surface area contributed by atoms with Crippen molar-refractivity contribution in [2.75, 3.05) is 0 Å². The topological polar surface area (TPSA) is 61.8 Å². The molecular formula is C9H12N4O2Pd. The van der Waals surface area contributed by atoms with E-state index in [0.717, 1.165) is 4.57 Å². The molecule has 2 heterocycles. The molecule has 0 fully saturated rings. The molecule has 0 atom stereocenters. The van der Waals surface area contributed by atoms with Crippen molar-refractivity contribution in [2.45, 2.75) is 0 Å². The van der Waals surface area contributed by atoms with Crippen molar-refractivity contribution in [2.24, 2.45) is 21.1 Å². The Bertz CT molecular complexity index is 637. The van der Waals surface area contributed by atoms with Gasteiger partial charge in [0, 0.05) is 21.1 Å². The van der Waals surface area contributed by atoms with Crippen molar-refractivity contribution in [3.8, 4) is 0 Å². The fourth-order valence-corrected chi connectivity index (χ4v) is 1.47. The summed E-state index contributed by atoms with van der Waals surface area (Å²) >= 11 is 2.50. The SMILES string of the molecule is Cn1c(=O)c2c(ncn2C)n(C)c1=O.[CH2]=[Pd]. The molecule has 2 rings (SSSR count). The van der Waals surface area contributed by atoms with Crippen LogP contribution < -0.4 is 11.2 Å². The van der Waals surface area contributed by atoms with Gasteiger partial charge in [-0.1, -0.05) is 0 Å². The van der Waals surface area contributed by atoms with E-state index in [1.54, 1.807) is 18.7 Å². The summed E-state index contributed by atoms with van der Waals surface area (Å²) in [7, 11) is 4.77. The first-order valence-corrected chi connectivity index (χ1v) is 5.43. The number of hydrogen-bond donors (Lipinski definition) is 0. The van der Waals surface area contributed by atoms with E-state index >= 15 is 0 Å². The predicted octanol–water partition coefficient (Wildman–Crippen LogP) is -1.06. The number of nitrogens with zero attached hydrogens (tertiary/aromatic N) is 4. The monoisotopic (exact) mass is 314 g/mol. The van der Waals surface area contributed by atoms with Crippen molar-refractivity contribution in [1.82, 2.24) is 18.7 Å². The van der Waals surface area contributed by atoms with E-state index in [0.29, 0.717) is 11.2 Å². The molecule has 0 aliphatic rings. The molecule has 0 bridgehead atoms. The molecular weight excluding hydrogens is 303 g/mol. The molecule has 0 saturated heterocycles. The van der Waals surface area contributed by atoms with Gasteiger partial charge in [0.05, 0.1) is 6.33 Å². The maximum absolute atomic E-state index is 11.7. The predicted molar refractivity (Wildman–Crippen MR) is 58.3 cm³/mol. The van der Waals surface area contributed by atoms with E-state index in [1.807, 2.05) is 0 Å². The van der Waals surface area contributed by atoms with Gasteiger partial charge in [-0.2, -0.15) is 0 Å². The van der Waals surface area contributed by atoms with E-state index in [1.165, 1.54) is 17.9 Å². The average molecular weight is 315 g/mol. The zero-order chi connectivity index (χ0) is 12.5. The van der Waals surface area contributed by atoms with Crippen LogP contribution in [0.3, 0.4) is 0 Å². The Balaban J connectivity index is 0.000000606. The molecule has 0 radical (unpaired) electrons. The van der Waals surface area contributed by atoms with Gasteiger partial charge in [-0.05, 0) is 0 Å². The molecule has 16 heavy (non-hydrogen) atoms. The van der Waals surface area contributed by atoms with Crippen molar-refractivity contribution in [3.05, 3.63) is 27.2 Å². The van der Waals surface area contributed by atoms with Crippen LogP contribution in [0.1, 0.15) is 0 Å². The Morgan fingerprint density at radius 3 is 2.31 bits per heavy atom. The summed E-state index contributed by atoms with van der Waals surface area (Å²) in [5.74, 6) is 0. The number of aromatic nitrogens is 4. The standard InChI is InChI=1S/C8H10N4O2.CH2.Pd/c1-10-4-9-6-5(10)7(13)12(3)8(14)11(6)2;;/h4H,1-3H3;1H2;. The Morgan fingerprint density at radius 1 is 1.19 bits per heavy atom. The minimum absolute atomic E-state index is 0.317. The first kappa shape index (κ1) is 12.8. The maximum atomic E-state index is 11.7. The van der Waals surface area contributed by atoms with E-state index in [9.17, 15) is 9.59 Å². The fourth-order valence-electron chi connectivity index (χ4n) is 1.47. The molecule has 0 aliphatic carbocycles. The zero-order valence-electron chi connectivity index (χ0n) is 9.21. The molecule has 0 spiro atoms. The summed E-state index contributed by atoms with van der Waals surface area (Å²) in [4.78, 5) is 30.3. The molecule has 0 amide bonds. The van der Waals surface area contributed by atoms with Crippen LogP contribution in [0.5, 0.6) is 0 Å². The van der Waals surface area contributed by atoms with Crippen molar-refractivity contribution >= 4 is 16.2 Å². The summed E-state index contributed by atoms with van der Waals surface area (Å²) in [6.45, 7) is 0. The van der Waals surface area contributed by atoms with Gasteiger partial charge in [0.2, 0.25) is 0 Å². The van der Waals surface area contributed by atoms with E-state index in [-0.39, 0.29) is 11.2 Å². The molecule has 6 nitrogen and oxygen atoms in total. The molecule has 2 aromatic heterocycles. The summed E-state index contributed by atoms with van der Waals surface area (Å²) in [5.41, 5.74) is 0.180. The number of hydrogen-bond acceptors (Lipinski definition) is 3. The first-order chi connectivity index (χ1) is 7.54. The van der Waals surface area contributed by atoms with Crippen LogP contribution in [0.2, 0.25) is 0 Å². The summed E-state index contributed by atoms with van der Waals surface area (Å²) < 4.78 is 4.04. The van der Waals surface area contributed by atoms with Gasteiger partial charge < -0.3 is 4.57 Å². The molecule has 0 N–H and O–H groups in total. The van der Waals surface area contributed by atoms with Gasteiger partial charge in [-0.3, -0.25) is 13.9 Å². The number of imidazole rings is 1. The number of rotatable bonds is 0. The van der Waals surface area contributed by atoms with Crippen LogP contribution >= 0.6 is 0 Å².